The van der Waals surface area contributed by atoms with Crippen molar-refractivity contribution in [1.82, 2.24) is 0 Å². The number of ether oxygens (including phenoxy) is 4. The molecule has 0 spiro atoms. The van der Waals surface area contributed by atoms with E-state index in [0.29, 0.717) is 45.2 Å². The van der Waals surface area contributed by atoms with Crippen LogP contribution in [0, 0.1) is 0 Å². The Hall–Kier alpha value is -4.66. The van der Waals surface area contributed by atoms with Crippen molar-refractivity contribution in [3.8, 4) is 23.0 Å². The zero-order chi connectivity index (χ0) is 22.4. The largest absolute Gasteiger partial charge is 0.454 e. The van der Waals surface area contributed by atoms with Gasteiger partial charge >= 0.3 is 0 Å². The quantitative estimate of drug-likeness (QED) is 0.480. The van der Waals surface area contributed by atoms with E-state index in [9.17, 15) is 9.59 Å². The molecule has 4 aromatic rings. The molecule has 0 unspecified atom stereocenters. The highest BCUT2D eigenvalue weighted by molar-refractivity contribution is 6.17. The molecule has 2 aliphatic heterocycles. The summed E-state index contributed by atoms with van der Waals surface area (Å²) in [5.74, 6) is 1.23. The third-order valence-corrected chi connectivity index (χ3v) is 5.31. The Labute approximate surface area is 186 Å². The Morgan fingerprint density at radius 2 is 1.39 bits per heavy atom. The fraction of sp³-hybridized carbons (Fsp3) is 0.0833. The van der Waals surface area contributed by atoms with E-state index in [1.54, 1.807) is 60.7 Å². The molecular weight excluding hydrogens is 428 g/mol. The van der Waals surface area contributed by atoms with Crippen molar-refractivity contribution in [3.63, 3.8) is 0 Å². The minimum Gasteiger partial charge on any atom is -0.454 e. The smallest absolute Gasteiger partial charge is 0.293 e. The number of hydrogen-bond donors (Lipinski definition) is 2. The topological polar surface area (TPSA) is 108 Å². The van der Waals surface area contributed by atoms with Crippen LogP contribution in [0.2, 0.25) is 0 Å². The lowest BCUT2D eigenvalue weighted by Crippen LogP contribution is -2.17. The van der Waals surface area contributed by atoms with Gasteiger partial charge in [-0.1, -0.05) is 12.1 Å². The van der Waals surface area contributed by atoms with E-state index in [1.807, 2.05) is 0 Å². The van der Waals surface area contributed by atoms with Crippen molar-refractivity contribution in [2.24, 2.45) is 0 Å². The van der Waals surface area contributed by atoms with Gasteiger partial charge in [-0.15, -0.1) is 0 Å². The Morgan fingerprint density at radius 1 is 0.697 bits per heavy atom. The molecule has 2 N–H and O–H groups in total. The summed E-state index contributed by atoms with van der Waals surface area (Å²) >= 11 is 0. The first kappa shape index (κ1) is 19.1. The number of hydrogen-bond acceptors (Lipinski definition) is 7. The van der Waals surface area contributed by atoms with Gasteiger partial charge in [-0.2, -0.15) is 0 Å². The summed E-state index contributed by atoms with van der Waals surface area (Å²) < 4.78 is 27.1. The molecule has 0 saturated heterocycles. The molecule has 0 bridgehead atoms. The molecule has 0 fully saturated rings. The summed E-state index contributed by atoms with van der Waals surface area (Å²) in [6.45, 7) is 0.239. The van der Waals surface area contributed by atoms with Gasteiger partial charge in [-0.05, 0) is 42.5 Å². The molecule has 6 rings (SSSR count). The molecule has 2 aliphatic rings. The lowest BCUT2D eigenvalue weighted by Gasteiger charge is -2.08. The van der Waals surface area contributed by atoms with Crippen LogP contribution in [0.1, 0.15) is 20.9 Å². The average molecular weight is 444 g/mol. The molecule has 1 aromatic heterocycles. The zero-order valence-electron chi connectivity index (χ0n) is 17.0. The van der Waals surface area contributed by atoms with E-state index in [4.69, 9.17) is 23.4 Å². The van der Waals surface area contributed by atoms with Crippen LogP contribution >= 0.6 is 0 Å². The number of benzene rings is 3. The number of nitrogens with one attached hydrogen (secondary N) is 2. The van der Waals surface area contributed by atoms with Crippen LogP contribution in [0.4, 0.5) is 11.4 Å². The molecule has 3 heterocycles. The number of amides is 2. The molecule has 0 radical (unpaired) electrons. The third kappa shape index (κ3) is 3.35. The zero-order valence-corrected chi connectivity index (χ0v) is 17.0. The highest BCUT2D eigenvalue weighted by Crippen LogP contribution is 2.36. The molecule has 9 heteroatoms. The SMILES string of the molecule is O=C(Nc1c(C(=O)Nc2ccc3c(c2)OCO3)oc2ccccc12)c1ccc2c(c1)OCO2. The standard InChI is InChI=1S/C24H16N2O7/c27-23(13-5-7-17-19(9-13)31-11-29-17)26-21-15-3-1-2-4-16(15)33-22(21)24(28)25-14-6-8-18-20(10-14)32-12-30-18/h1-10H,11-12H2,(H,25,28)(H,26,27). The van der Waals surface area contributed by atoms with Crippen LogP contribution < -0.4 is 29.6 Å². The Morgan fingerprint density at radius 3 is 2.21 bits per heavy atom. The van der Waals surface area contributed by atoms with Crippen LogP contribution in [0.25, 0.3) is 11.0 Å². The normalized spacial score (nSPS) is 13.2. The highest BCUT2D eigenvalue weighted by Gasteiger charge is 2.24. The first-order valence-electron chi connectivity index (χ1n) is 10.1. The fourth-order valence-corrected chi connectivity index (χ4v) is 3.72. The minimum absolute atomic E-state index is 0.0250. The second-order valence-corrected chi connectivity index (χ2v) is 7.35. The Bertz CT molecular complexity index is 1430. The van der Waals surface area contributed by atoms with Gasteiger partial charge in [0.15, 0.2) is 23.0 Å². The van der Waals surface area contributed by atoms with E-state index in [0.717, 1.165) is 0 Å². The van der Waals surface area contributed by atoms with E-state index >= 15 is 0 Å². The molecule has 164 valence electrons. The van der Waals surface area contributed by atoms with Crippen molar-refractivity contribution < 1.29 is 33.0 Å². The van der Waals surface area contributed by atoms with Gasteiger partial charge in [0.2, 0.25) is 19.3 Å². The second-order valence-electron chi connectivity index (χ2n) is 7.35. The van der Waals surface area contributed by atoms with Crippen molar-refractivity contribution in [2.45, 2.75) is 0 Å². The maximum Gasteiger partial charge on any atom is 0.293 e. The van der Waals surface area contributed by atoms with Gasteiger partial charge in [-0.3, -0.25) is 9.59 Å². The minimum atomic E-state index is -0.522. The van der Waals surface area contributed by atoms with Crippen molar-refractivity contribution >= 4 is 34.2 Å². The highest BCUT2D eigenvalue weighted by atomic mass is 16.7. The number of para-hydroxylation sites is 1. The van der Waals surface area contributed by atoms with Crippen molar-refractivity contribution in [3.05, 3.63) is 72.0 Å². The first-order valence-corrected chi connectivity index (χ1v) is 10.1. The third-order valence-electron chi connectivity index (χ3n) is 5.31. The van der Waals surface area contributed by atoms with Crippen LogP contribution in [0.15, 0.2) is 65.1 Å². The van der Waals surface area contributed by atoms with E-state index in [-0.39, 0.29) is 25.0 Å². The van der Waals surface area contributed by atoms with Crippen molar-refractivity contribution in [2.75, 3.05) is 24.2 Å². The first-order chi connectivity index (χ1) is 16.2. The number of rotatable bonds is 4. The lowest BCUT2D eigenvalue weighted by atomic mass is 10.1. The monoisotopic (exact) mass is 444 g/mol. The number of carbonyl (C=O) groups is 2. The van der Waals surface area contributed by atoms with Crippen LogP contribution in [0.5, 0.6) is 23.0 Å². The molecule has 9 nitrogen and oxygen atoms in total. The number of carbonyl (C=O) groups excluding carboxylic acids is 2. The predicted octanol–water partition coefficient (Wildman–Crippen LogP) is 4.39. The second kappa shape index (κ2) is 7.49. The lowest BCUT2D eigenvalue weighted by molar-refractivity contribution is 0.0999. The number of anilines is 2. The maximum atomic E-state index is 13.1. The Balaban J connectivity index is 1.32. The molecule has 0 aliphatic carbocycles. The van der Waals surface area contributed by atoms with Gasteiger partial charge in [0.25, 0.3) is 11.8 Å². The Kier molecular flexibility index (Phi) is 4.32. The van der Waals surface area contributed by atoms with Crippen LogP contribution in [0.3, 0.4) is 0 Å². The number of fused-ring (bicyclic) bond motifs is 3. The van der Waals surface area contributed by atoms with E-state index in [2.05, 4.69) is 10.6 Å². The van der Waals surface area contributed by atoms with Crippen molar-refractivity contribution in [1.29, 1.82) is 0 Å². The van der Waals surface area contributed by atoms with Gasteiger partial charge < -0.3 is 34.0 Å². The summed E-state index contributed by atoms with van der Waals surface area (Å²) in [5, 5.41) is 6.19. The summed E-state index contributed by atoms with van der Waals surface area (Å²) in [6, 6.07) is 17.0. The molecule has 33 heavy (non-hydrogen) atoms. The van der Waals surface area contributed by atoms with Gasteiger partial charge in [0.05, 0.1) is 0 Å². The summed E-state index contributed by atoms with van der Waals surface area (Å²) in [6.07, 6.45) is 0. The maximum absolute atomic E-state index is 13.1. The van der Waals surface area contributed by atoms with E-state index in [1.165, 1.54) is 0 Å². The van der Waals surface area contributed by atoms with Crippen LogP contribution in [-0.4, -0.2) is 25.4 Å². The molecule has 2 amide bonds. The molecule has 0 atom stereocenters. The number of furan rings is 1. The fourth-order valence-electron chi connectivity index (χ4n) is 3.72. The summed E-state index contributed by atoms with van der Waals surface area (Å²) in [5.41, 5.74) is 1.59. The summed E-state index contributed by atoms with van der Waals surface area (Å²) in [4.78, 5) is 26.1. The molecule has 0 saturated carbocycles. The van der Waals surface area contributed by atoms with Gasteiger partial charge in [0.1, 0.15) is 11.3 Å². The van der Waals surface area contributed by atoms with Gasteiger partial charge in [-0.25, -0.2) is 0 Å². The van der Waals surface area contributed by atoms with E-state index < -0.39 is 11.8 Å². The molecular formula is C24H16N2O7. The van der Waals surface area contributed by atoms with Gasteiger partial charge in [0, 0.05) is 22.7 Å². The predicted molar refractivity (Wildman–Crippen MR) is 117 cm³/mol. The molecule has 3 aromatic carbocycles. The van der Waals surface area contributed by atoms with Crippen LogP contribution in [-0.2, 0) is 0 Å². The summed E-state index contributed by atoms with van der Waals surface area (Å²) in [7, 11) is 0. The average Bonchev–Trinajstić information content (AvgIpc) is 3.56.